The Bertz CT molecular complexity index is 825. The first-order valence-electron chi connectivity index (χ1n) is 10.4. The molecule has 4 bridgehead atoms. The number of carbonyl (C=O) groups excluding carboxylic acids is 1. The monoisotopic (exact) mass is 400 g/mol. The standard InChI is InChI=1S/C21H28N4O2S/c1-13(21-9-14-6-15(10-21)8-16(7-14)11-21)22-18(26)12-28-20-24-23-19(25(20)2)17-4-3-5-27-17/h3-5,13-16H,6-12H2,1-2H3,(H,22,26). The lowest BCUT2D eigenvalue weighted by atomic mass is 9.48. The van der Waals surface area contributed by atoms with E-state index in [2.05, 4.69) is 22.4 Å². The molecular weight excluding hydrogens is 372 g/mol. The first-order chi connectivity index (χ1) is 13.5. The van der Waals surface area contributed by atoms with Crippen molar-refractivity contribution in [3.63, 3.8) is 0 Å². The number of thioether (sulfide) groups is 1. The molecule has 0 aromatic carbocycles. The SMILES string of the molecule is CC(NC(=O)CSc1nnc(-c2ccco2)n1C)C12CC3CC(CC(C3)C1)C2. The molecule has 2 aromatic heterocycles. The minimum absolute atomic E-state index is 0.0933. The number of nitrogens with one attached hydrogen (secondary N) is 1. The Labute approximate surface area is 169 Å². The average Bonchev–Trinajstić information content (AvgIpc) is 3.28. The van der Waals surface area contributed by atoms with Gasteiger partial charge in [0.05, 0.1) is 12.0 Å². The first-order valence-corrected chi connectivity index (χ1v) is 11.4. The van der Waals surface area contributed by atoms with E-state index in [-0.39, 0.29) is 11.9 Å². The Morgan fingerprint density at radius 1 is 1.29 bits per heavy atom. The van der Waals surface area contributed by atoms with Crippen LogP contribution in [-0.4, -0.2) is 32.5 Å². The fourth-order valence-electron chi connectivity index (χ4n) is 6.34. The summed E-state index contributed by atoms with van der Waals surface area (Å²) in [4.78, 5) is 12.7. The van der Waals surface area contributed by atoms with Gasteiger partial charge in [0, 0.05) is 13.1 Å². The quantitative estimate of drug-likeness (QED) is 0.745. The molecule has 6 rings (SSSR count). The number of furan rings is 1. The molecule has 6 nitrogen and oxygen atoms in total. The lowest BCUT2D eigenvalue weighted by Gasteiger charge is -2.59. The highest BCUT2D eigenvalue weighted by molar-refractivity contribution is 7.99. The van der Waals surface area contributed by atoms with Gasteiger partial charge in [-0.25, -0.2) is 0 Å². The molecule has 4 saturated carbocycles. The third kappa shape index (κ3) is 3.17. The second kappa shape index (κ2) is 6.94. The molecule has 1 N–H and O–H groups in total. The Morgan fingerprint density at radius 2 is 1.96 bits per heavy atom. The minimum Gasteiger partial charge on any atom is -0.461 e. The molecule has 4 fully saturated rings. The number of carbonyl (C=O) groups is 1. The topological polar surface area (TPSA) is 73.0 Å². The van der Waals surface area contributed by atoms with E-state index in [1.165, 1.54) is 50.3 Å². The van der Waals surface area contributed by atoms with Gasteiger partial charge in [-0.15, -0.1) is 10.2 Å². The molecule has 0 spiro atoms. The summed E-state index contributed by atoms with van der Waals surface area (Å²) in [5.74, 6) is 4.52. The number of amides is 1. The van der Waals surface area contributed by atoms with E-state index >= 15 is 0 Å². The summed E-state index contributed by atoms with van der Waals surface area (Å²) in [6, 6.07) is 3.95. The Morgan fingerprint density at radius 3 is 2.57 bits per heavy atom. The predicted molar refractivity (Wildman–Crippen MR) is 108 cm³/mol. The lowest BCUT2D eigenvalue weighted by Crippen LogP contribution is -2.56. The van der Waals surface area contributed by atoms with E-state index in [4.69, 9.17) is 4.42 Å². The van der Waals surface area contributed by atoms with Crippen molar-refractivity contribution < 1.29 is 9.21 Å². The average molecular weight is 401 g/mol. The summed E-state index contributed by atoms with van der Waals surface area (Å²) in [5, 5.41) is 12.5. The molecule has 0 saturated heterocycles. The molecule has 1 unspecified atom stereocenters. The molecule has 1 amide bonds. The molecule has 4 aliphatic carbocycles. The van der Waals surface area contributed by atoms with Crippen molar-refractivity contribution in [1.29, 1.82) is 0 Å². The van der Waals surface area contributed by atoms with Crippen molar-refractivity contribution in [1.82, 2.24) is 20.1 Å². The van der Waals surface area contributed by atoms with Gasteiger partial charge in [0.1, 0.15) is 0 Å². The Balaban J connectivity index is 1.19. The molecule has 2 heterocycles. The molecule has 2 aromatic rings. The second-order valence-corrected chi connectivity index (χ2v) is 10.1. The third-order valence-corrected chi connectivity index (χ3v) is 8.31. The van der Waals surface area contributed by atoms with Gasteiger partial charge in [-0.05, 0) is 80.8 Å². The zero-order valence-corrected chi connectivity index (χ0v) is 17.4. The number of hydrogen-bond acceptors (Lipinski definition) is 5. The van der Waals surface area contributed by atoms with E-state index in [9.17, 15) is 4.79 Å². The summed E-state index contributed by atoms with van der Waals surface area (Å²) in [6.45, 7) is 2.23. The molecule has 1 atom stereocenters. The van der Waals surface area contributed by atoms with Crippen molar-refractivity contribution in [2.45, 2.75) is 56.6 Å². The minimum atomic E-state index is 0.0933. The highest BCUT2D eigenvalue weighted by Gasteiger charge is 2.53. The molecule has 28 heavy (non-hydrogen) atoms. The van der Waals surface area contributed by atoms with Gasteiger partial charge in [0.2, 0.25) is 5.91 Å². The summed E-state index contributed by atoms with van der Waals surface area (Å²) in [6.07, 6.45) is 9.84. The van der Waals surface area contributed by atoms with Crippen LogP contribution in [0.2, 0.25) is 0 Å². The zero-order valence-electron chi connectivity index (χ0n) is 16.6. The molecule has 7 heteroatoms. The van der Waals surface area contributed by atoms with Crippen LogP contribution in [0.4, 0.5) is 0 Å². The first kappa shape index (κ1) is 18.3. The highest BCUT2D eigenvalue weighted by atomic mass is 32.2. The smallest absolute Gasteiger partial charge is 0.230 e. The van der Waals surface area contributed by atoms with Crippen LogP contribution in [0.3, 0.4) is 0 Å². The maximum atomic E-state index is 12.7. The van der Waals surface area contributed by atoms with Gasteiger partial charge in [0.25, 0.3) is 0 Å². The molecule has 4 aliphatic rings. The lowest BCUT2D eigenvalue weighted by molar-refractivity contribution is -0.123. The molecule has 0 radical (unpaired) electrons. The number of nitrogens with zero attached hydrogens (tertiary/aromatic N) is 3. The molecule has 150 valence electrons. The van der Waals surface area contributed by atoms with Crippen molar-refractivity contribution in [2.24, 2.45) is 30.2 Å². The fraction of sp³-hybridized carbons (Fsp3) is 0.667. The number of aromatic nitrogens is 3. The van der Waals surface area contributed by atoms with Crippen LogP contribution in [-0.2, 0) is 11.8 Å². The maximum absolute atomic E-state index is 12.7. The van der Waals surface area contributed by atoms with Crippen molar-refractivity contribution in [2.75, 3.05) is 5.75 Å². The van der Waals surface area contributed by atoms with Crippen LogP contribution >= 0.6 is 11.8 Å². The van der Waals surface area contributed by atoms with Crippen LogP contribution < -0.4 is 5.32 Å². The van der Waals surface area contributed by atoms with Crippen LogP contribution in [0.25, 0.3) is 11.6 Å². The maximum Gasteiger partial charge on any atom is 0.230 e. The van der Waals surface area contributed by atoms with Crippen molar-refractivity contribution >= 4 is 17.7 Å². The molecule has 0 aliphatic heterocycles. The summed E-state index contributed by atoms with van der Waals surface area (Å²) >= 11 is 1.43. The van der Waals surface area contributed by atoms with Gasteiger partial charge < -0.3 is 14.3 Å². The number of hydrogen-bond donors (Lipinski definition) is 1. The largest absolute Gasteiger partial charge is 0.461 e. The van der Waals surface area contributed by atoms with Crippen molar-refractivity contribution in [3.8, 4) is 11.6 Å². The summed E-state index contributed by atoms with van der Waals surface area (Å²) < 4.78 is 7.27. The molecular formula is C21H28N4O2S. The fourth-order valence-corrected chi connectivity index (χ4v) is 7.06. The Kier molecular flexibility index (Phi) is 4.53. The van der Waals surface area contributed by atoms with E-state index < -0.39 is 0 Å². The summed E-state index contributed by atoms with van der Waals surface area (Å²) in [7, 11) is 1.90. The van der Waals surface area contributed by atoms with Gasteiger partial charge in [-0.3, -0.25) is 4.79 Å². The predicted octanol–water partition coefficient (Wildman–Crippen LogP) is 3.89. The normalized spacial score (nSPS) is 31.9. The van der Waals surface area contributed by atoms with E-state index in [1.54, 1.807) is 6.26 Å². The summed E-state index contributed by atoms with van der Waals surface area (Å²) in [5.41, 5.74) is 0.340. The van der Waals surface area contributed by atoms with Gasteiger partial charge in [-0.1, -0.05) is 11.8 Å². The Hall–Kier alpha value is -1.76. The van der Waals surface area contributed by atoms with Gasteiger partial charge in [-0.2, -0.15) is 0 Å². The van der Waals surface area contributed by atoms with Crippen LogP contribution in [0.15, 0.2) is 28.0 Å². The van der Waals surface area contributed by atoms with Crippen LogP contribution in [0.5, 0.6) is 0 Å². The van der Waals surface area contributed by atoms with E-state index in [0.29, 0.717) is 22.8 Å². The van der Waals surface area contributed by atoms with Crippen molar-refractivity contribution in [3.05, 3.63) is 18.4 Å². The van der Waals surface area contributed by atoms with Gasteiger partial charge >= 0.3 is 0 Å². The van der Waals surface area contributed by atoms with E-state index in [1.807, 2.05) is 23.7 Å². The van der Waals surface area contributed by atoms with Crippen LogP contribution in [0, 0.1) is 23.2 Å². The van der Waals surface area contributed by atoms with Gasteiger partial charge in [0.15, 0.2) is 16.7 Å². The zero-order chi connectivity index (χ0) is 19.3. The second-order valence-electron chi connectivity index (χ2n) is 9.20. The number of rotatable bonds is 6. The third-order valence-electron chi connectivity index (χ3n) is 7.29. The van der Waals surface area contributed by atoms with Crippen LogP contribution in [0.1, 0.15) is 45.4 Å². The highest BCUT2D eigenvalue weighted by Crippen LogP contribution is 2.61. The van der Waals surface area contributed by atoms with E-state index in [0.717, 1.165) is 22.9 Å².